The molecule has 6 heteroatoms. The van der Waals surface area contributed by atoms with Crippen LogP contribution in [0.1, 0.15) is 31.4 Å². The largest absolute Gasteiger partial charge is 0.393 e. The van der Waals surface area contributed by atoms with E-state index in [1.54, 1.807) is 11.3 Å². The van der Waals surface area contributed by atoms with Gasteiger partial charge in [0.1, 0.15) is 0 Å². The molecule has 0 saturated heterocycles. The number of nitrogens with one attached hydrogen (secondary N) is 1. The Bertz CT molecular complexity index is 425. The van der Waals surface area contributed by atoms with Gasteiger partial charge in [0.15, 0.2) is 5.13 Å². The van der Waals surface area contributed by atoms with Gasteiger partial charge >= 0.3 is 0 Å². The molecule has 19 heavy (non-hydrogen) atoms. The van der Waals surface area contributed by atoms with E-state index < -0.39 is 0 Å². The summed E-state index contributed by atoms with van der Waals surface area (Å²) in [4.78, 5) is 18.4. The maximum absolute atomic E-state index is 12.0. The second-order valence-corrected chi connectivity index (χ2v) is 6.08. The molecule has 2 rings (SSSR count). The van der Waals surface area contributed by atoms with Crippen molar-refractivity contribution in [3.63, 3.8) is 0 Å². The van der Waals surface area contributed by atoms with E-state index in [1.807, 2.05) is 24.4 Å². The van der Waals surface area contributed by atoms with Crippen LogP contribution in [0, 0.1) is 5.92 Å². The second-order valence-electron chi connectivity index (χ2n) is 5.24. The van der Waals surface area contributed by atoms with E-state index in [2.05, 4.69) is 10.3 Å². The third-order valence-corrected chi connectivity index (χ3v) is 4.49. The molecule has 106 valence electrons. The van der Waals surface area contributed by atoms with Crippen LogP contribution in [-0.4, -0.2) is 36.2 Å². The van der Waals surface area contributed by atoms with Gasteiger partial charge in [-0.25, -0.2) is 4.98 Å². The molecule has 0 bridgehead atoms. The number of rotatable bonds is 4. The normalized spacial score (nSPS) is 23.1. The highest BCUT2D eigenvalue weighted by Crippen LogP contribution is 2.24. The molecule has 0 unspecified atom stereocenters. The summed E-state index contributed by atoms with van der Waals surface area (Å²) in [6.07, 6.45) is 2.82. The lowest BCUT2D eigenvalue weighted by Crippen LogP contribution is -2.33. The Morgan fingerprint density at radius 2 is 2.16 bits per heavy atom. The highest BCUT2D eigenvalue weighted by molar-refractivity contribution is 7.13. The number of carbonyl (C=O) groups is 1. The summed E-state index contributed by atoms with van der Waals surface area (Å²) < 4.78 is 0. The third kappa shape index (κ3) is 3.91. The molecule has 5 nitrogen and oxygen atoms in total. The van der Waals surface area contributed by atoms with Crippen LogP contribution >= 0.6 is 11.3 Å². The fourth-order valence-corrected chi connectivity index (χ4v) is 3.00. The molecule has 1 heterocycles. The van der Waals surface area contributed by atoms with Crippen molar-refractivity contribution in [2.75, 3.05) is 19.0 Å². The van der Waals surface area contributed by atoms with Crippen LogP contribution in [0.2, 0.25) is 0 Å². The summed E-state index contributed by atoms with van der Waals surface area (Å²) in [5, 5.41) is 15.3. The zero-order valence-electron chi connectivity index (χ0n) is 11.4. The fraction of sp³-hybridized carbons (Fsp3) is 0.692. The predicted molar refractivity (Wildman–Crippen MR) is 76.3 cm³/mol. The minimum absolute atomic E-state index is 0.0513. The molecular weight excluding hydrogens is 262 g/mol. The van der Waals surface area contributed by atoms with Crippen molar-refractivity contribution >= 4 is 22.4 Å². The van der Waals surface area contributed by atoms with Crippen LogP contribution in [0.3, 0.4) is 0 Å². The number of hydrogen-bond donors (Lipinski definition) is 2. The summed E-state index contributed by atoms with van der Waals surface area (Å²) in [6, 6.07) is 0. The Hall–Kier alpha value is -1.14. The van der Waals surface area contributed by atoms with Gasteiger partial charge in [0.25, 0.3) is 0 Å². The number of amides is 1. The summed E-state index contributed by atoms with van der Waals surface area (Å²) in [5.41, 5.74) is 0.901. The van der Waals surface area contributed by atoms with Crippen molar-refractivity contribution in [1.29, 1.82) is 0 Å². The number of aliphatic hydroxyl groups excluding tert-OH is 1. The van der Waals surface area contributed by atoms with Gasteiger partial charge in [0, 0.05) is 25.4 Å². The molecule has 0 aliphatic heterocycles. The SMILES string of the molecule is CN(C)c1nc(CNC(=O)C2CCC(O)CC2)cs1. The van der Waals surface area contributed by atoms with E-state index in [1.165, 1.54) is 0 Å². The van der Waals surface area contributed by atoms with E-state index in [4.69, 9.17) is 0 Å². The van der Waals surface area contributed by atoms with Crippen LogP contribution in [-0.2, 0) is 11.3 Å². The van der Waals surface area contributed by atoms with Crippen molar-refractivity contribution < 1.29 is 9.90 Å². The van der Waals surface area contributed by atoms with Crippen molar-refractivity contribution in [3.8, 4) is 0 Å². The molecule has 1 aliphatic rings. The minimum Gasteiger partial charge on any atom is -0.393 e. The van der Waals surface area contributed by atoms with E-state index in [9.17, 15) is 9.90 Å². The van der Waals surface area contributed by atoms with Crippen molar-refractivity contribution in [1.82, 2.24) is 10.3 Å². The quantitative estimate of drug-likeness (QED) is 0.876. The first-order valence-corrected chi connectivity index (χ1v) is 7.51. The van der Waals surface area contributed by atoms with Crippen LogP contribution in [0.25, 0.3) is 0 Å². The number of carbonyl (C=O) groups excluding carboxylic acids is 1. The smallest absolute Gasteiger partial charge is 0.223 e. The van der Waals surface area contributed by atoms with Crippen molar-refractivity contribution in [3.05, 3.63) is 11.1 Å². The summed E-state index contributed by atoms with van der Waals surface area (Å²) >= 11 is 1.58. The number of hydrogen-bond acceptors (Lipinski definition) is 5. The molecule has 1 saturated carbocycles. The highest BCUT2D eigenvalue weighted by atomic mass is 32.1. The maximum atomic E-state index is 12.0. The molecule has 2 N–H and O–H groups in total. The van der Waals surface area contributed by atoms with Crippen LogP contribution in [0.5, 0.6) is 0 Å². The standard InChI is InChI=1S/C13H21N3O2S/c1-16(2)13-15-10(8-19-13)7-14-12(18)9-3-5-11(17)6-4-9/h8-9,11,17H,3-7H2,1-2H3,(H,14,18). The first-order valence-electron chi connectivity index (χ1n) is 6.63. The molecular formula is C13H21N3O2S. The highest BCUT2D eigenvalue weighted by Gasteiger charge is 2.24. The van der Waals surface area contributed by atoms with Gasteiger partial charge in [-0.2, -0.15) is 0 Å². The van der Waals surface area contributed by atoms with Crippen molar-refractivity contribution in [2.45, 2.75) is 38.3 Å². The second kappa shape index (κ2) is 6.34. The minimum atomic E-state index is -0.217. The predicted octanol–water partition coefficient (Wildman–Crippen LogP) is 1.38. The maximum Gasteiger partial charge on any atom is 0.223 e. The van der Waals surface area contributed by atoms with Crippen molar-refractivity contribution in [2.24, 2.45) is 5.92 Å². The molecule has 1 aromatic rings. The number of nitrogens with zero attached hydrogens (tertiary/aromatic N) is 2. The lowest BCUT2D eigenvalue weighted by molar-refractivity contribution is -0.126. The van der Waals surface area contributed by atoms with Gasteiger partial charge in [-0.1, -0.05) is 0 Å². The number of anilines is 1. The molecule has 0 atom stereocenters. The van der Waals surface area contributed by atoms with Gasteiger partial charge < -0.3 is 15.3 Å². The Morgan fingerprint density at radius 1 is 1.47 bits per heavy atom. The monoisotopic (exact) mass is 283 g/mol. The average Bonchev–Trinajstić information content (AvgIpc) is 2.86. The number of aliphatic hydroxyl groups is 1. The molecule has 1 aliphatic carbocycles. The van der Waals surface area contributed by atoms with E-state index in [0.717, 1.165) is 36.5 Å². The van der Waals surface area contributed by atoms with Gasteiger partial charge in [-0.3, -0.25) is 4.79 Å². The average molecular weight is 283 g/mol. The zero-order chi connectivity index (χ0) is 13.8. The lowest BCUT2D eigenvalue weighted by Gasteiger charge is -2.24. The Morgan fingerprint density at radius 3 is 2.74 bits per heavy atom. The Kier molecular flexibility index (Phi) is 4.76. The van der Waals surface area contributed by atoms with Crippen LogP contribution in [0.4, 0.5) is 5.13 Å². The summed E-state index contributed by atoms with van der Waals surface area (Å²) in [7, 11) is 3.91. The molecule has 0 spiro atoms. The first-order chi connectivity index (χ1) is 9.06. The van der Waals surface area contributed by atoms with Gasteiger partial charge in [-0.05, 0) is 25.7 Å². The van der Waals surface area contributed by atoms with E-state index in [-0.39, 0.29) is 17.9 Å². The molecule has 1 fully saturated rings. The fourth-order valence-electron chi connectivity index (χ4n) is 2.24. The van der Waals surface area contributed by atoms with Gasteiger partial charge in [0.2, 0.25) is 5.91 Å². The van der Waals surface area contributed by atoms with Gasteiger partial charge in [0.05, 0.1) is 18.3 Å². The Labute approximate surface area is 117 Å². The molecule has 1 aromatic heterocycles. The molecule has 0 radical (unpaired) electrons. The number of aromatic nitrogens is 1. The van der Waals surface area contributed by atoms with Crippen LogP contribution < -0.4 is 10.2 Å². The number of thiazole rings is 1. The first kappa shape index (κ1) is 14.3. The lowest BCUT2D eigenvalue weighted by atomic mass is 9.87. The summed E-state index contributed by atoms with van der Waals surface area (Å²) in [5.74, 6) is 0.140. The molecule has 1 amide bonds. The topological polar surface area (TPSA) is 65.5 Å². The zero-order valence-corrected chi connectivity index (χ0v) is 12.2. The summed E-state index contributed by atoms with van der Waals surface area (Å²) in [6.45, 7) is 0.488. The van der Waals surface area contributed by atoms with E-state index >= 15 is 0 Å². The van der Waals surface area contributed by atoms with Gasteiger partial charge in [-0.15, -0.1) is 11.3 Å². The molecule has 0 aromatic carbocycles. The van der Waals surface area contributed by atoms with E-state index in [0.29, 0.717) is 6.54 Å². The van der Waals surface area contributed by atoms with Crippen LogP contribution in [0.15, 0.2) is 5.38 Å². The Balaban J connectivity index is 1.79. The third-order valence-electron chi connectivity index (χ3n) is 3.43.